The van der Waals surface area contributed by atoms with Crippen LogP contribution in [0.2, 0.25) is 0 Å². The summed E-state index contributed by atoms with van der Waals surface area (Å²) in [4.78, 5) is 15.8. The van der Waals surface area contributed by atoms with Crippen molar-refractivity contribution >= 4 is 17.2 Å². The molecule has 0 aliphatic carbocycles. The molecule has 1 N–H and O–H groups in total. The van der Waals surface area contributed by atoms with Crippen LogP contribution < -0.4 is 5.32 Å². The maximum atomic E-state index is 11.6. The third-order valence-corrected chi connectivity index (χ3v) is 2.89. The molecule has 0 spiro atoms. The lowest BCUT2D eigenvalue weighted by atomic mass is 10.4. The Hall–Kier alpha value is -1.69. The Balaban J connectivity index is 1.93. The van der Waals surface area contributed by atoms with Crippen molar-refractivity contribution in [2.45, 2.75) is 20.4 Å². The zero-order valence-electron chi connectivity index (χ0n) is 8.98. The summed E-state index contributed by atoms with van der Waals surface area (Å²) in [6, 6.07) is 1.60. The lowest BCUT2D eigenvalue weighted by Crippen LogP contribution is -2.22. The maximum Gasteiger partial charge on any atom is 0.290 e. The van der Waals surface area contributed by atoms with Gasteiger partial charge in [0.05, 0.1) is 12.2 Å². The van der Waals surface area contributed by atoms with E-state index in [4.69, 9.17) is 4.52 Å². The molecule has 0 atom stereocenters. The molecule has 2 aromatic rings. The van der Waals surface area contributed by atoms with Gasteiger partial charge in [-0.25, -0.2) is 4.98 Å². The Bertz CT molecular complexity index is 504. The Morgan fingerprint density at radius 2 is 2.31 bits per heavy atom. The van der Waals surface area contributed by atoms with Crippen molar-refractivity contribution in [2.75, 3.05) is 0 Å². The first kappa shape index (κ1) is 10.8. The van der Waals surface area contributed by atoms with Crippen molar-refractivity contribution in [3.8, 4) is 0 Å². The SMILES string of the molecule is Cc1cc(C(=O)NCc2nc(C)cs2)on1. The van der Waals surface area contributed by atoms with Crippen LogP contribution in [0.5, 0.6) is 0 Å². The van der Waals surface area contributed by atoms with Gasteiger partial charge in [-0.2, -0.15) is 0 Å². The predicted octanol–water partition coefficient (Wildman–Crippen LogP) is 1.68. The fourth-order valence-electron chi connectivity index (χ4n) is 1.20. The van der Waals surface area contributed by atoms with Gasteiger partial charge in [-0.15, -0.1) is 11.3 Å². The molecule has 0 saturated carbocycles. The highest BCUT2D eigenvalue weighted by Crippen LogP contribution is 2.08. The number of carbonyl (C=O) groups excluding carboxylic acids is 1. The normalized spacial score (nSPS) is 10.4. The number of nitrogens with zero attached hydrogens (tertiary/aromatic N) is 2. The van der Waals surface area contributed by atoms with Gasteiger partial charge in [0.25, 0.3) is 5.91 Å². The third-order valence-electron chi connectivity index (χ3n) is 1.92. The van der Waals surface area contributed by atoms with Crippen LogP contribution in [0.25, 0.3) is 0 Å². The number of nitrogens with one attached hydrogen (secondary N) is 1. The number of rotatable bonds is 3. The van der Waals surface area contributed by atoms with Gasteiger partial charge in [-0.3, -0.25) is 4.79 Å². The minimum atomic E-state index is -0.270. The lowest BCUT2D eigenvalue weighted by Gasteiger charge is -1.98. The van der Waals surface area contributed by atoms with Crippen LogP contribution in [0, 0.1) is 13.8 Å². The van der Waals surface area contributed by atoms with Crippen LogP contribution in [0.1, 0.15) is 27.0 Å². The molecule has 0 aliphatic rings. The number of carbonyl (C=O) groups is 1. The first-order valence-corrected chi connectivity index (χ1v) is 5.65. The quantitative estimate of drug-likeness (QED) is 0.881. The van der Waals surface area contributed by atoms with E-state index in [0.29, 0.717) is 12.2 Å². The summed E-state index contributed by atoms with van der Waals surface area (Å²) < 4.78 is 4.84. The zero-order chi connectivity index (χ0) is 11.5. The van der Waals surface area contributed by atoms with Gasteiger partial charge in [-0.05, 0) is 13.8 Å². The van der Waals surface area contributed by atoms with E-state index in [-0.39, 0.29) is 11.7 Å². The molecular formula is C10H11N3O2S. The summed E-state index contributed by atoms with van der Waals surface area (Å²) in [5, 5.41) is 9.19. The van der Waals surface area contributed by atoms with Crippen LogP contribution >= 0.6 is 11.3 Å². The van der Waals surface area contributed by atoms with Gasteiger partial charge in [0, 0.05) is 17.1 Å². The van der Waals surface area contributed by atoms with E-state index in [0.717, 1.165) is 10.7 Å². The van der Waals surface area contributed by atoms with Gasteiger partial charge >= 0.3 is 0 Å². The van der Waals surface area contributed by atoms with Gasteiger partial charge in [0.15, 0.2) is 0 Å². The van der Waals surface area contributed by atoms with Gasteiger partial charge in [0.1, 0.15) is 5.01 Å². The van der Waals surface area contributed by atoms with Crippen LogP contribution in [-0.4, -0.2) is 16.0 Å². The van der Waals surface area contributed by atoms with Crippen molar-refractivity contribution < 1.29 is 9.32 Å². The van der Waals surface area contributed by atoms with Crippen LogP contribution in [0.3, 0.4) is 0 Å². The number of thiazole rings is 1. The molecule has 0 radical (unpaired) electrons. The van der Waals surface area contributed by atoms with Crippen molar-refractivity contribution in [3.05, 3.63) is 33.6 Å². The lowest BCUT2D eigenvalue weighted by molar-refractivity contribution is 0.0914. The second kappa shape index (κ2) is 4.44. The molecule has 0 aliphatic heterocycles. The maximum absolute atomic E-state index is 11.6. The summed E-state index contributed by atoms with van der Waals surface area (Å²) >= 11 is 1.52. The smallest absolute Gasteiger partial charge is 0.290 e. The van der Waals surface area contributed by atoms with E-state index < -0.39 is 0 Å². The summed E-state index contributed by atoms with van der Waals surface area (Å²) in [5.41, 5.74) is 1.65. The second-order valence-electron chi connectivity index (χ2n) is 3.40. The van der Waals surface area contributed by atoms with E-state index in [9.17, 15) is 4.79 Å². The molecule has 84 valence electrons. The standard InChI is InChI=1S/C10H11N3O2S/c1-6-3-8(15-13-6)10(14)11-4-9-12-7(2)5-16-9/h3,5H,4H2,1-2H3,(H,11,14). The zero-order valence-corrected chi connectivity index (χ0v) is 9.80. The highest BCUT2D eigenvalue weighted by molar-refractivity contribution is 7.09. The first-order valence-electron chi connectivity index (χ1n) is 4.77. The van der Waals surface area contributed by atoms with Crippen LogP contribution in [0.4, 0.5) is 0 Å². The minimum Gasteiger partial charge on any atom is -0.351 e. The van der Waals surface area contributed by atoms with Crippen LogP contribution in [0.15, 0.2) is 16.0 Å². The Kier molecular flexibility index (Phi) is 3.00. The molecular weight excluding hydrogens is 226 g/mol. The molecule has 0 unspecified atom stereocenters. The molecule has 16 heavy (non-hydrogen) atoms. The largest absolute Gasteiger partial charge is 0.351 e. The van der Waals surface area contributed by atoms with E-state index in [2.05, 4.69) is 15.5 Å². The number of amides is 1. The predicted molar refractivity (Wildman–Crippen MR) is 59.3 cm³/mol. The summed E-state index contributed by atoms with van der Waals surface area (Å²) in [6.07, 6.45) is 0. The molecule has 6 heteroatoms. The first-order chi connectivity index (χ1) is 7.65. The Morgan fingerprint density at radius 3 is 2.88 bits per heavy atom. The molecule has 2 heterocycles. The number of aromatic nitrogens is 2. The monoisotopic (exact) mass is 237 g/mol. The van der Waals surface area contributed by atoms with E-state index in [1.807, 2.05) is 12.3 Å². The molecule has 2 rings (SSSR count). The molecule has 0 bridgehead atoms. The average Bonchev–Trinajstić information content (AvgIpc) is 2.84. The van der Waals surface area contributed by atoms with Gasteiger partial charge in [-0.1, -0.05) is 5.16 Å². The van der Waals surface area contributed by atoms with E-state index in [1.165, 1.54) is 11.3 Å². The highest BCUT2D eigenvalue weighted by Gasteiger charge is 2.11. The molecule has 0 saturated heterocycles. The van der Waals surface area contributed by atoms with Crippen molar-refractivity contribution in [3.63, 3.8) is 0 Å². The fourth-order valence-corrected chi connectivity index (χ4v) is 1.91. The molecule has 2 aromatic heterocycles. The van der Waals surface area contributed by atoms with Gasteiger partial charge in [0.2, 0.25) is 5.76 Å². The third kappa shape index (κ3) is 2.46. The number of hydrogen-bond acceptors (Lipinski definition) is 5. The van der Waals surface area contributed by atoms with Crippen molar-refractivity contribution in [2.24, 2.45) is 0 Å². The van der Waals surface area contributed by atoms with E-state index in [1.54, 1.807) is 13.0 Å². The summed E-state index contributed by atoms with van der Waals surface area (Å²) in [7, 11) is 0. The number of aryl methyl sites for hydroxylation is 2. The molecule has 1 amide bonds. The molecule has 5 nitrogen and oxygen atoms in total. The molecule has 0 fully saturated rings. The minimum absolute atomic E-state index is 0.228. The Labute approximate surface area is 96.5 Å². The summed E-state index contributed by atoms with van der Waals surface area (Å²) in [5.74, 6) is -0.0424. The van der Waals surface area contributed by atoms with Gasteiger partial charge < -0.3 is 9.84 Å². The van der Waals surface area contributed by atoms with Crippen molar-refractivity contribution in [1.82, 2.24) is 15.5 Å². The molecule has 0 aromatic carbocycles. The topological polar surface area (TPSA) is 68.0 Å². The average molecular weight is 237 g/mol. The van der Waals surface area contributed by atoms with Crippen LogP contribution in [-0.2, 0) is 6.54 Å². The van der Waals surface area contributed by atoms with E-state index >= 15 is 0 Å². The second-order valence-corrected chi connectivity index (χ2v) is 4.34. The highest BCUT2D eigenvalue weighted by atomic mass is 32.1. The number of hydrogen-bond donors (Lipinski definition) is 1. The van der Waals surface area contributed by atoms with Crippen molar-refractivity contribution in [1.29, 1.82) is 0 Å². The fraction of sp³-hybridized carbons (Fsp3) is 0.300. The Morgan fingerprint density at radius 1 is 1.50 bits per heavy atom. The summed E-state index contributed by atoms with van der Waals surface area (Å²) in [6.45, 7) is 4.10.